The Morgan fingerprint density at radius 2 is 1.30 bits per heavy atom. The number of hydrogen-bond donors (Lipinski definition) is 0. The zero-order valence-electron chi connectivity index (χ0n) is 13.4. The van der Waals surface area contributed by atoms with Gasteiger partial charge in [0.2, 0.25) is 0 Å². The van der Waals surface area contributed by atoms with Crippen LogP contribution in [0.4, 0.5) is 0 Å². The van der Waals surface area contributed by atoms with Crippen molar-refractivity contribution >= 4 is 11.9 Å². The van der Waals surface area contributed by atoms with E-state index in [1.165, 1.54) is 6.42 Å². The number of ether oxygens (including phenoxy) is 2. The summed E-state index contributed by atoms with van der Waals surface area (Å²) in [7, 11) is 0. The Labute approximate surface area is 122 Å². The molecule has 0 aromatic rings. The Hall–Kier alpha value is -1.06. The van der Waals surface area contributed by atoms with Gasteiger partial charge in [-0.1, -0.05) is 19.3 Å². The van der Waals surface area contributed by atoms with Crippen LogP contribution in [0, 0.1) is 11.3 Å². The standard InChI is InChI=1S/C16H28O4/c1-11(2)19-14(17)16(5,15(18)20-12(3)4)13-9-7-6-8-10-13/h11-13H,6-10H2,1-5H3. The minimum atomic E-state index is -1.17. The molecule has 0 atom stereocenters. The first-order valence-corrected chi connectivity index (χ1v) is 7.70. The highest BCUT2D eigenvalue weighted by Gasteiger charge is 2.51. The van der Waals surface area contributed by atoms with E-state index in [0.29, 0.717) is 0 Å². The summed E-state index contributed by atoms with van der Waals surface area (Å²) in [6.07, 6.45) is 4.61. The van der Waals surface area contributed by atoms with E-state index < -0.39 is 17.4 Å². The summed E-state index contributed by atoms with van der Waals surface area (Å²) < 4.78 is 10.7. The van der Waals surface area contributed by atoms with Crippen molar-refractivity contribution in [2.75, 3.05) is 0 Å². The van der Waals surface area contributed by atoms with Gasteiger partial charge in [-0.2, -0.15) is 0 Å². The van der Waals surface area contributed by atoms with Gasteiger partial charge in [0.1, 0.15) is 0 Å². The van der Waals surface area contributed by atoms with Crippen molar-refractivity contribution in [2.45, 2.75) is 78.9 Å². The molecular weight excluding hydrogens is 256 g/mol. The molecule has 116 valence electrons. The van der Waals surface area contributed by atoms with E-state index in [0.717, 1.165) is 25.7 Å². The van der Waals surface area contributed by atoms with Crippen molar-refractivity contribution in [3.05, 3.63) is 0 Å². The third-order valence-corrected chi connectivity index (χ3v) is 3.96. The topological polar surface area (TPSA) is 52.6 Å². The minimum Gasteiger partial charge on any atom is -0.462 e. The summed E-state index contributed by atoms with van der Waals surface area (Å²) in [6.45, 7) is 8.89. The molecule has 20 heavy (non-hydrogen) atoms. The summed E-state index contributed by atoms with van der Waals surface area (Å²) in [4.78, 5) is 24.9. The lowest BCUT2D eigenvalue weighted by Crippen LogP contribution is -2.47. The van der Waals surface area contributed by atoms with Gasteiger partial charge in [-0.15, -0.1) is 0 Å². The molecular formula is C16H28O4. The van der Waals surface area contributed by atoms with E-state index in [2.05, 4.69) is 0 Å². The van der Waals surface area contributed by atoms with Gasteiger partial charge in [0.05, 0.1) is 12.2 Å². The molecule has 1 aliphatic carbocycles. The third-order valence-electron chi connectivity index (χ3n) is 3.96. The SMILES string of the molecule is CC(C)OC(=O)C(C)(C(=O)OC(C)C)C1CCCCC1. The van der Waals surface area contributed by atoms with Crippen molar-refractivity contribution in [2.24, 2.45) is 11.3 Å². The van der Waals surface area contributed by atoms with E-state index in [9.17, 15) is 9.59 Å². The van der Waals surface area contributed by atoms with Gasteiger partial charge in [-0.3, -0.25) is 9.59 Å². The van der Waals surface area contributed by atoms with Gasteiger partial charge >= 0.3 is 11.9 Å². The summed E-state index contributed by atoms with van der Waals surface area (Å²) in [6, 6.07) is 0. The van der Waals surface area contributed by atoms with Crippen molar-refractivity contribution < 1.29 is 19.1 Å². The van der Waals surface area contributed by atoms with E-state index in [1.807, 2.05) is 0 Å². The minimum absolute atomic E-state index is 0.0220. The molecule has 0 amide bonds. The highest BCUT2D eigenvalue weighted by atomic mass is 16.6. The van der Waals surface area contributed by atoms with E-state index in [-0.39, 0.29) is 18.1 Å². The van der Waals surface area contributed by atoms with Crippen LogP contribution in [0.25, 0.3) is 0 Å². The highest BCUT2D eigenvalue weighted by molar-refractivity contribution is 6.00. The molecule has 0 radical (unpaired) electrons. The van der Waals surface area contributed by atoms with Crippen LogP contribution in [0.1, 0.15) is 66.7 Å². The van der Waals surface area contributed by atoms with Gasteiger partial charge in [0, 0.05) is 0 Å². The molecule has 0 bridgehead atoms. The van der Waals surface area contributed by atoms with Crippen LogP contribution < -0.4 is 0 Å². The fourth-order valence-electron chi connectivity index (χ4n) is 2.77. The normalized spacial score (nSPS) is 17.4. The van der Waals surface area contributed by atoms with Crippen LogP contribution in [0.5, 0.6) is 0 Å². The molecule has 4 heteroatoms. The fourth-order valence-corrected chi connectivity index (χ4v) is 2.77. The lowest BCUT2D eigenvalue weighted by Gasteiger charge is -2.36. The zero-order chi connectivity index (χ0) is 15.3. The number of hydrogen-bond acceptors (Lipinski definition) is 4. The average Bonchev–Trinajstić information content (AvgIpc) is 2.37. The van der Waals surface area contributed by atoms with Gasteiger partial charge in [-0.05, 0) is 53.4 Å². The van der Waals surface area contributed by atoms with Gasteiger partial charge in [-0.25, -0.2) is 0 Å². The molecule has 0 aromatic carbocycles. The predicted molar refractivity (Wildman–Crippen MR) is 77.1 cm³/mol. The van der Waals surface area contributed by atoms with E-state index >= 15 is 0 Å². The first kappa shape index (κ1) is 17.0. The second-order valence-corrected chi connectivity index (χ2v) is 6.45. The summed E-state index contributed by atoms with van der Waals surface area (Å²) in [5.41, 5.74) is -1.17. The van der Waals surface area contributed by atoms with Gasteiger partial charge < -0.3 is 9.47 Å². The molecule has 1 rings (SSSR count). The fraction of sp³-hybridized carbons (Fsp3) is 0.875. The van der Waals surface area contributed by atoms with Gasteiger partial charge in [0.15, 0.2) is 5.41 Å². The Morgan fingerprint density at radius 1 is 0.900 bits per heavy atom. The van der Waals surface area contributed by atoms with Gasteiger partial charge in [0.25, 0.3) is 0 Å². The van der Waals surface area contributed by atoms with Crippen LogP contribution in [-0.2, 0) is 19.1 Å². The maximum atomic E-state index is 12.5. The maximum absolute atomic E-state index is 12.5. The van der Waals surface area contributed by atoms with Crippen LogP contribution in [-0.4, -0.2) is 24.1 Å². The lowest BCUT2D eigenvalue weighted by atomic mass is 9.69. The molecule has 0 aliphatic heterocycles. The summed E-state index contributed by atoms with van der Waals surface area (Å²) >= 11 is 0. The molecule has 0 heterocycles. The smallest absolute Gasteiger partial charge is 0.323 e. The molecule has 1 saturated carbocycles. The first-order valence-electron chi connectivity index (χ1n) is 7.70. The monoisotopic (exact) mass is 284 g/mol. The second-order valence-electron chi connectivity index (χ2n) is 6.45. The summed E-state index contributed by atoms with van der Waals surface area (Å²) in [5.74, 6) is -0.858. The molecule has 0 aromatic heterocycles. The molecule has 0 unspecified atom stereocenters. The zero-order valence-corrected chi connectivity index (χ0v) is 13.4. The average molecular weight is 284 g/mol. The van der Waals surface area contributed by atoms with E-state index in [4.69, 9.17) is 9.47 Å². The van der Waals surface area contributed by atoms with Crippen LogP contribution >= 0.6 is 0 Å². The van der Waals surface area contributed by atoms with Crippen molar-refractivity contribution in [3.63, 3.8) is 0 Å². The number of esters is 2. The van der Waals surface area contributed by atoms with Crippen LogP contribution in [0.2, 0.25) is 0 Å². The third kappa shape index (κ3) is 3.97. The van der Waals surface area contributed by atoms with Crippen molar-refractivity contribution in [1.82, 2.24) is 0 Å². The number of carbonyl (C=O) groups excluding carboxylic acids is 2. The number of carbonyl (C=O) groups is 2. The van der Waals surface area contributed by atoms with Crippen LogP contribution in [0.15, 0.2) is 0 Å². The van der Waals surface area contributed by atoms with Crippen molar-refractivity contribution in [3.8, 4) is 0 Å². The molecule has 0 N–H and O–H groups in total. The Bertz CT molecular complexity index is 318. The van der Waals surface area contributed by atoms with Crippen molar-refractivity contribution in [1.29, 1.82) is 0 Å². The summed E-state index contributed by atoms with van der Waals surface area (Å²) in [5, 5.41) is 0. The largest absolute Gasteiger partial charge is 0.462 e. The van der Waals surface area contributed by atoms with Crippen LogP contribution in [0.3, 0.4) is 0 Å². The predicted octanol–water partition coefficient (Wildman–Crippen LogP) is 3.48. The Balaban J connectivity index is 2.97. The Kier molecular flexibility index (Phi) is 6.03. The molecule has 1 fully saturated rings. The van der Waals surface area contributed by atoms with E-state index in [1.54, 1.807) is 34.6 Å². The second kappa shape index (κ2) is 7.09. The highest BCUT2D eigenvalue weighted by Crippen LogP contribution is 2.41. The lowest BCUT2D eigenvalue weighted by molar-refractivity contribution is -0.181. The molecule has 1 aliphatic rings. The maximum Gasteiger partial charge on any atom is 0.323 e. The Morgan fingerprint density at radius 3 is 1.65 bits per heavy atom. The molecule has 0 saturated heterocycles. The number of rotatable bonds is 5. The quantitative estimate of drug-likeness (QED) is 0.573. The molecule has 4 nitrogen and oxygen atoms in total. The molecule has 0 spiro atoms. The first-order chi connectivity index (χ1) is 9.28.